The summed E-state index contributed by atoms with van der Waals surface area (Å²) in [5.74, 6) is 0.394. The fourth-order valence-electron chi connectivity index (χ4n) is 2.02. The Bertz CT molecular complexity index is 611. The van der Waals surface area contributed by atoms with E-state index in [4.69, 9.17) is 16.3 Å². The molecule has 1 unspecified atom stereocenters. The quantitative estimate of drug-likeness (QED) is 0.870. The van der Waals surface area contributed by atoms with Gasteiger partial charge in [0.2, 0.25) is 0 Å². The highest BCUT2D eigenvalue weighted by molar-refractivity contribution is 6.31. The maximum atomic E-state index is 13.8. The van der Waals surface area contributed by atoms with Gasteiger partial charge in [0.05, 0.1) is 11.7 Å². The lowest BCUT2D eigenvalue weighted by Gasteiger charge is -2.14. The third-order valence-corrected chi connectivity index (χ3v) is 3.43. The molecule has 0 fully saturated rings. The van der Waals surface area contributed by atoms with Crippen LogP contribution in [0.2, 0.25) is 5.02 Å². The summed E-state index contributed by atoms with van der Waals surface area (Å²) in [6.45, 7) is 3.50. The third kappa shape index (κ3) is 3.11. The lowest BCUT2D eigenvalue weighted by molar-refractivity contribution is 0.190. The van der Waals surface area contributed by atoms with Crippen LogP contribution in [-0.2, 0) is 6.42 Å². The first-order chi connectivity index (χ1) is 9.52. The molecule has 0 aromatic heterocycles. The van der Waals surface area contributed by atoms with Gasteiger partial charge in [-0.25, -0.2) is 4.39 Å². The maximum absolute atomic E-state index is 13.8. The summed E-state index contributed by atoms with van der Waals surface area (Å²) in [5, 5.41) is 10.3. The highest BCUT2D eigenvalue weighted by atomic mass is 35.5. The van der Waals surface area contributed by atoms with E-state index >= 15 is 0 Å². The summed E-state index contributed by atoms with van der Waals surface area (Å²) in [4.78, 5) is 0. The first kappa shape index (κ1) is 14.8. The van der Waals surface area contributed by atoms with Gasteiger partial charge in [0.15, 0.2) is 0 Å². The Kier molecular flexibility index (Phi) is 4.63. The zero-order valence-electron chi connectivity index (χ0n) is 11.4. The molecule has 4 heteroatoms. The van der Waals surface area contributed by atoms with E-state index in [2.05, 4.69) is 0 Å². The summed E-state index contributed by atoms with van der Waals surface area (Å²) in [7, 11) is 0. The largest absolute Gasteiger partial charge is 0.457 e. The van der Waals surface area contributed by atoms with Crippen molar-refractivity contribution in [2.45, 2.75) is 26.4 Å². The monoisotopic (exact) mass is 294 g/mol. The van der Waals surface area contributed by atoms with Crippen molar-refractivity contribution < 1.29 is 14.2 Å². The fourth-order valence-corrected chi connectivity index (χ4v) is 2.28. The first-order valence-electron chi connectivity index (χ1n) is 6.45. The van der Waals surface area contributed by atoms with Crippen LogP contribution in [0.5, 0.6) is 11.5 Å². The van der Waals surface area contributed by atoms with Crippen LogP contribution in [0.1, 0.15) is 31.1 Å². The van der Waals surface area contributed by atoms with Crippen LogP contribution in [0.3, 0.4) is 0 Å². The van der Waals surface area contributed by atoms with Crippen molar-refractivity contribution in [3.8, 4) is 11.5 Å². The van der Waals surface area contributed by atoms with Crippen LogP contribution < -0.4 is 4.74 Å². The van der Waals surface area contributed by atoms with E-state index in [1.54, 1.807) is 24.3 Å². The second-order valence-corrected chi connectivity index (χ2v) is 4.94. The zero-order chi connectivity index (χ0) is 14.7. The lowest BCUT2D eigenvalue weighted by atomic mass is 10.1. The normalized spacial score (nSPS) is 12.2. The van der Waals surface area contributed by atoms with E-state index in [1.807, 2.05) is 13.0 Å². The van der Waals surface area contributed by atoms with Gasteiger partial charge < -0.3 is 9.84 Å². The maximum Gasteiger partial charge on any atom is 0.136 e. The van der Waals surface area contributed by atoms with Gasteiger partial charge in [-0.1, -0.05) is 24.6 Å². The molecule has 0 aliphatic carbocycles. The number of rotatable bonds is 4. The lowest BCUT2D eigenvalue weighted by Crippen LogP contribution is -2.00. The second-order valence-electron chi connectivity index (χ2n) is 4.54. The zero-order valence-corrected chi connectivity index (χ0v) is 12.1. The van der Waals surface area contributed by atoms with Crippen LogP contribution >= 0.6 is 11.6 Å². The van der Waals surface area contributed by atoms with Crippen molar-refractivity contribution in [3.05, 3.63) is 58.4 Å². The van der Waals surface area contributed by atoms with Crippen molar-refractivity contribution in [2.24, 2.45) is 0 Å². The van der Waals surface area contributed by atoms with Gasteiger partial charge in [-0.15, -0.1) is 0 Å². The molecule has 0 saturated heterocycles. The number of benzene rings is 2. The molecule has 106 valence electrons. The standard InChI is InChI=1S/C16H16ClFO2/c1-3-11-9-12(7-8-13(11)17)20-15-6-4-5-14(18)16(15)10(2)19/h4-10,19H,3H2,1-2H3. The van der Waals surface area contributed by atoms with Crippen LogP contribution in [0.4, 0.5) is 4.39 Å². The summed E-state index contributed by atoms with van der Waals surface area (Å²) in [5.41, 5.74) is 1.11. The highest BCUT2D eigenvalue weighted by Crippen LogP contribution is 2.33. The Hall–Kier alpha value is -1.58. The molecule has 0 radical (unpaired) electrons. The van der Waals surface area contributed by atoms with E-state index in [0.717, 1.165) is 12.0 Å². The van der Waals surface area contributed by atoms with Crippen molar-refractivity contribution in [1.29, 1.82) is 0 Å². The molecule has 20 heavy (non-hydrogen) atoms. The summed E-state index contributed by atoms with van der Waals surface area (Å²) in [6.07, 6.45) is -0.160. The van der Waals surface area contributed by atoms with Crippen molar-refractivity contribution >= 4 is 11.6 Å². The molecule has 0 heterocycles. The molecular weight excluding hydrogens is 279 g/mol. The van der Waals surface area contributed by atoms with Gasteiger partial charge in [-0.3, -0.25) is 0 Å². The smallest absolute Gasteiger partial charge is 0.136 e. The molecular formula is C16H16ClFO2. The van der Waals surface area contributed by atoms with E-state index in [-0.39, 0.29) is 5.56 Å². The number of aliphatic hydroxyl groups is 1. The van der Waals surface area contributed by atoms with E-state index in [9.17, 15) is 9.50 Å². The van der Waals surface area contributed by atoms with Crippen LogP contribution in [0.15, 0.2) is 36.4 Å². The van der Waals surface area contributed by atoms with Crippen LogP contribution in [0, 0.1) is 5.82 Å². The topological polar surface area (TPSA) is 29.5 Å². The number of hydrogen-bond donors (Lipinski definition) is 1. The minimum absolute atomic E-state index is 0.153. The van der Waals surface area contributed by atoms with Crippen LogP contribution in [-0.4, -0.2) is 5.11 Å². The molecule has 2 nitrogen and oxygen atoms in total. The van der Waals surface area contributed by atoms with Gasteiger partial charge in [0, 0.05) is 5.02 Å². The molecule has 2 aromatic rings. The molecule has 0 amide bonds. The average molecular weight is 295 g/mol. The number of halogens is 2. The van der Waals surface area contributed by atoms with Gasteiger partial charge >= 0.3 is 0 Å². The molecule has 0 aliphatic rings. The van der Waals surface area contributed by atoms with Gasteiger partial charge in [0.1, 0.15) is 17.3 Å². The van der Waals surface area contributed by atoms with Gasteiger partial charge in [0.25, 0.3) is 0 Å². The predicted molar refractivity (Wildman–Crippen MR) is 77.9 cm³/mol. The minimum atomic E-state index is -0.941. The minimum Gasteiger partial charge on any atom is -0.457 e. The Morgan fingerprint density at radius 3 is 2.70 bits per heavy atom. The predicted octanol–water partition coefficient (Wildman–Crippen LogP) is 4.89. The van der Waals surface area contributed by atoms with Crippen molar-refractivity contribution in [2.75, 3.05) is 0 Å². The average Bonchev–Trinajstić information content (AvgIpc) is 2.40. The molecule has 0 spiro atoms. The molecule has 0 saturated carbocycles. The Balaban J connectivity index is 2.37. The summed E-state index contributed by atoms with van der Waals surface area (Å²) < 4.78 is 19.4. The summed E-state index contributed by atoms with van der Waals surface area (Å²) in [6, 6.07) is 9.77. The summed E-state index contributed by atoms with van der Waals surface area (Å²) >= 11 is 6.05. The Morgan fingerprint density at radius 1 is 1.30 bits per heavy atom. The number of ether oxygens (including phenoxy) is 1. The molecule has 0 aliphatic heterocycles. The van der Waals surface area contributed by atoms with E-state index in [0.29, 0.717) is 16.5 Å². The fraction of sp³-hybridized carbons (Fsp3) is 0.250. The van der Waals surface area contributed by atoms with Gasteiger partial charge in [-0.2, -0.15) is 0 Å². The Labute approximate surface area is 122 Å². The molecule has 0 bridgehead atoms. The van der Waals surface area contributed by atoms with E-state index < -0.39 is 11.9 Å². The Morgan fingerprint density at radius 2 is 2.05 bits per heavy atom. The molecule has 2 aromatic carbocycles. The SMILES string of the molecule is CCc1cc(Oc2cccc(F)c2C(C)O)ccc1Cl. The first-order valence-corrected chi connectivity index (χ1v) is 6.83. The van der Waals surface area contributed by atoms with Crippen molar-refractivity contribution in [1.82, 2.24) is 0 Å². The molecule has 1 N–H and O–H groups in total. The van der Waals surface area contributed by atoms with Crippen molar-refractivity contribution in [3.63, 3.8) is 0 Å². The highest BCUT2D eigenvalue weighted by Gasteiger charge is 2.15. The number of hydrogen-bond acceptors (Lipinski definition) is 2. The molecule has 1 atom stereocenters. The second kappa shape index (κ2) is 6.25. The van der Waals surface area contributed by atoms with Gasteiger partial charge in [-0.05, 0) is 49.2 Å². The number of aryl methyl sites for hydroxylation is 1. The third-order valence-electron chi connectivity index (χ3n) is 3.06. The molecule has 2 rings (SSSR count). The van der Waals surface area contributed by atoms with Crippen LogP contribution in [0.25, 0.3) is 0 Å². The number of aliphatic hydroxyl groups excluding tert-OH is 1. The van der Waals surface area contributed by atoms with E-state index in [1.165, 1.54) is 13.0 Å².